The average molecular weight is 246 g/mol. The Labute approximate surface area is 105 Å². The molecule has 18 heavy (non-hydrogen) atoms. The highest BCUT2D eigenvalue weighted by molar-refractivity contribution is 5.39. The number of aromatic nitrogens is 1. The van der Waals surface area contributed by atoms with E-state index in [4.69, 9.17) is 10.5 Å². The predicted molar refractivity (Wildman–Crippen MR) is 68.1 cm³/mol. The van der Waals surface area contributed by atoms with E-state index in [9.17, 15) is 4.39 Å². The maximum absolute atomic E-state index is 13.7. The fourth-order valence-corrected chi connectivity index (χ4v) is 1.69. The molecule has 3 nitrogen and oxygen atoms in total. The van der Waals surface area contributed by atoms with Gasteiger partial charge in [-0.05, 0) is 38.1 Å². The van der Waals surface area contributed by atoms with E-state index in [0.717, 1.165) is 5.69 Å². The van der Waals surface area contributed by atoms with Crippen molar-refractivity contribution < 1.29 is 9.13 Å². The summed E-state index contributed by atoms with van der Waals surface area (Å²) < 4.78 is 19.3. The van der Waals surface area contributed by atoms with Gasteiger partial charge in [0.2, 0.25) is 0 Å². The van der Waals surface area contributed by atoms with E-state index < -0.39 is 6.04 Å². The number of nitrogens with zero attached hydrogens (tertiary/aromatic N) is 1. The normalized spacial score (nSPS) is 12.2. The topological polar surface area (TPSA) is 48.1 Å². The van der Waals surface area contributed by atoms with Crippen molar-refractivity contribution in [2.24, 2.45) is 5.73 Å². The molecular formula is C14H15FN2O. The summed E-state index contributed by atoms with van der Waals surface area (Å²) >= 11 is 0. The molecule has 1 aromatic carbocycles. The molecule has 1 aromatic heterocycles. The highest BCUT2D eigenvalue weighted by Crippen LogP contribution is 2.30. The zero-order valence-corrected chi connectivity index (χ0v) is 10.4. The summed E-state index contributed by atoms with van der Waals surface area (Å²) in [7, 11) is 0. The Kier molecular flexibility index (Phi) is 3.58. The summed E-state index contributed by atoms with van der Waals surface area (Å²) in [6.45, 7) is 3.61. The lowest BCUT2D eigenvalue weighted by Gasteiger charge is -2.14. The van der Waals surface area contributed by atoms with Crippen LogP contribution in [-0.2, 0) is 0 Å². The summed E-state index contributed by atoms with van der Waals surface area (Å²) in [6, 6.07) is 7.86. The summed E-state index contributed by atoms with van der Waals surface area (Å²) in [5.74, 6) is 0.631. The SMILES string of the molecule is Cc1ccc(Oc2cccc(F)c2C(C)N)cn1. The van der Waals surface area contributed by atoms with Gasteiger partial charge in [0, 0.05) is 17.3 Å². The second-order valence-electron chi connectivity index (χ2n) is 4.18. The Morgan fingerprint density at radius 2 is 2.06 bits per heavy atom. The van der Waals surface area contributed by atoms with Crippen LogP contribution in [0.1, 0.15) is 24.2 Å². The zero-order chi connectivity index (χ0) is 13.1. The van der Waals surface area contributed by atoms with Gasteiger partial charge in [0.15, 0.2) is 0 Å². The molecule has 0 saturated carbocycles. The number of nitrogens with two attached hydrogens (primary N) is 1. The molecule has 0 spiro atoms. The number of benzene rings is 1. The van der Waals surface area contributed by atoms with Gasteiger partial charge in [-0.2, -0.15) is 0 Å². The van der Waals surface area contributed by atoms with Gasteiger partial charge >= 0.3 is 0 Å². The molecule has 1 unspecified atom stereocenters. The van der Waals surface area contributed by atoms with Crippen molar-refractivity contribution in [1.29, 1.82) is 0 Å². The second kappa shape index (κ2) is 5.14. The van der Waals surface area contributed by atoms with Crippen molar-refractivity contribution in [2.75, 3.05) is 0 Å². The van der Waals surface area contributed by atoms with Crippen molar-refractivity contribution >= 4 is 0 Å². The minimum atomic E-state index is -0.431. The Bertz CT molecular complexity index is 538. The van der Waals surface area contributed by atoms with E-state index in [-0.39, 0.29) is 5.82 Å². The fourth-order valence-electron chi connectivity index (χ4n) is 1.69. The predicted octanol–water partition coefficient (Wildman–Crippen LogP) is 3.34. The van der Waals surface area contributed by atoms with Gasteiger partial charge in [-0.25, -0.2) is 4.39 Å². The number of hydrogen-bond acceptors (Lipinski definition) is 3. The van der Waals surface area contributed by atoms with Crippen molar-refractivity contribution in [2.45, 2.75) is 19.9 Å². The number of pyridine rings is 1. The van der Waals surface area contributed by atoms with Crippen LogP contribution in [0.4, 0.5) is 4.39 Å². The van der Waals surface area contributed by atoms with Crippen LogP contribution in [0, 0.1) is 12.7 Å². The Balaban J connectivity index is 2.34. The zero-order valence-electron chi connectivity index (χ0n) is 10.4. The van der Waals surface area contributed by atoms with Crippen LogP contribution in [0.25, 0.3) is 0 Å². The summed E-state index contributed by atoms with van der Waals surface area (Å²) in [6.07, 6.45) is 1.60. The van der Waals surface area contributed by atoms with E-state index in [0.29, 0.717) is 17.1 Å². The molecule has 2 aromatic rings. The van der Waals surface area contributed by atoms with Crippen LogP contribution >= 0.6 is 0 Å². The van der Waals surface area contributed by atoms with Crippen LogP contribution in [-0.4, -0.2) is 4.98 Å². The highest BCUT2D eigenvalue weighted by Gasteiger charge is 2.14. The number of rotatable bonds is 3. The van der Waals surface area contributed by atoms with E-state index in [1.54, 1.807) is 31.3 Å². The van der Waals surface area contributed by atoms with Gasteiger partial charge in [-0.1, -0.05) is 6.07 Å². The number of aryl methyl sites for hydroxylation is 1. The lowest BCUT2D eigenvalue weighted by Crippen LogP contribution is -2.09. The first-order chi connectivity index (χ1) is 8.58. The standard InChI is InChI=1S/C14H15FN2O/c1-9-6-7-11(8-17-9)18-13-5-3-4-12(15)14(13)10(2)16/h3-8,10H,16H2,1-2H3. The van der Waals surface area contributed by atoms with E-state index in [1.807, 2.05) is 13.0 Å². The smallest absolute Gasteiger partial charge is 0.145 e. The maximum Gasteiger partial charge on any atom is 0.145 e. The van der Waals surface area contributed by atoms with Gasteiger partial charge in [0.25, 0.3) is 0 Å². The Morgan fingerprint density at radius 1 is 1.28 bits per heavy atom. The molecule has 0 fully saturated rings. The number of ether oxygens (including phenoxy) is 1. The highest BCUT2D eigenvalue weighted by atomic mass is 19.1. The third-order valence-electron chi connectivity index (χ3n) is 2.58. The molecule has 94 valence electrons. The molecule has 0 saturated heterocycles. The molecule has 1 heterocycles. The fraction of sp³-hybridized carbons (Fsp3) is 0.214. The molecule has 0 radical (unpaired) electrons. The van der Waals surface area contributed by atoms with E-state index in [2.05, 4.69) is 4.98 Å². The van der Waals surface area contributed by atoms with Gasteiger partial charge in [-0.15, -0.1) is 0 Å². The van der Waals surface area contributed by atoms with Crippen molar-refractivity contribution in [3.05, 3.63) is 53.6 Å². The summed E-state index contributed by atoms with van der Waals surface area (Å²) in [5.41, 5.74) is 7.03. The van der Waals surface area contributed by atoms with Gasteiger partial charge in [0.1, 0.15) is 17.3 Å². The molecule has 0 amide bonds. The minimum absolute atomic E-state index is 0.359. The lowest BCUT2D eigenvalue weighted by molar-refractivity contribution is 0.458. The van der Waals surface area contributed by atoms with Gasteiger partial charge < -0.3 is 10.5 Å². The molecule has 0 aliphatic heterocycles. The van der Waals surface area contributed by atoms with Crippen LogP contribution in [0.5, 0.6) is 11.5 Å². The first-order valence-electron chi connectivity index (χ1n) is 5.72. The van der Waals surface area contributed by atoms with Crippen LogP contribution in [0.15, 0.2) is 36.5 Å². The summed E-state index contributed by atoms with van der Waals surface area (Å²) in [4.78, 5) is 4.12. The maximum atomic E-state index is 13.7. The van der Waals surface area contributed by atoms with Crippen molar-refractivity contribution in [3.8, 4) is 11.5 Å². The van der Waals surface area contributed by atoms with Crippen molar-refractivity contribution in [1.82, 2.24) is 4.98 Å². The third kappa shape index (κ3) is 2.65. The van der Waals surface area contributed by atoms with E-state index in [1.165, 1.54) is 6.07 Å². The third-order valence-corrected chi connectivity index (χ3v) is 2.58. The number of hydrogen-bond donors (Lipinski definition) is 1. The van der Waals surface area contributed by atoms with Gasteiger partial charge in [0.05, 0.1) is 6.20 Å². The first-order valence-corrected chi connectivity index (χ1v) is 5.72. The Morgan fingerprint density at radius 3 is 2.67 bits per heavy atom. The lowest BCUT2D eigenvalue weighted by atomic mass is 10.1. The second-order valence-corrected chi connectivity index (χ2v) is 4.18. The first kappa shape index (κ1) is 12.5. The molecule has 1 atom stereocenters. The van der Waals surface area contributed by atoms with Crippen LogP contribution in [0.2, 0.25) is 0 Å². The monoisotopic (exact) mass is 246 g/mol. The van der Waals surface area contributed by atoms with Crippen LogP contribution < -0.4 is 10.5 Å². The van der Waals surface area contributed by atoms with E-state index >= 15 is 0 Å². The molecule has 0 bridgehead atoms. The largest absolute Gasteiger partial charge is 0.455 e. The molecular weight excluding hydrogens is 231 g/mol. The molecule has 2 N–H and O–H groups in total. The minimum Gasteiger partial charge on any atom is -0.455 e. The van der Waals surface area contributed by atoms with Crippen molar-refractivity contribution in [3.63, 3.8) is 0 Å². The molecule has 2 rings (SSSR count). The molecule has 0 aliphatic rings. The summed E-state index contributed by atoms with van der Waals surface area (Å²) in [5, 5.41) is 0. The van der Waals surface area contributed by atoms with Crippen LogP contribution in [0.3, 0.4) is 0 Å². The number of halogens is 1. The quantitative estimate of drug-likeness (QED) is 0.903. The molecule has 4 heteroatoms. The molecule has 0 aliphatic carbocycles. The average Bonchev–Trinajstić information content (AvgIpc) is 2.32. The van der Waals surface area contributed by atoms with Gasteiger partial charge in [-0.3, -0.25) is 4.98 Å². The Hall–Kier alpha value is -1.94.